The number of hydrogen-bond acceptors (Lipinski definition) is 5. The predicted octanol–water partition coefficient (Wildman–Crippen LogP) is 3.37. The Morgan fingerprint density at radius 1 is 1.23 bits per heavy atom. The van der Waals surface area contributed by atoms with Crippen LogP contribution < -0.4 is 10.1 Å². The molecule has 1 aromatic carbocycles. The Morgan fingerprint density at radius 2 is 1.95 bits per heavy atom. The largest absolute Gasteiger partial charge is 0.494 e. The monoisotopic (exact) mass is 309 g/mol. The van der Waals surface area contributed by atoms with Gasteiger partial charge in [-0.3, -0.25) is 10.1 Å². The van der Waals surface area contributed by atoms with Crippen LogP contribution in [0.5, 0.6) is 5.75 Å². The van der Waals surface area contributed by atoms with Crippen LogP contribution in [0.1, 0.15) is 33.6 Å². The average Bonchev–Trinajstić information content (AvgIpc) is 2.41. The zero-order valence-electron chi connectivity index (χ0n) is 13.5. The first kappa shape index (κ1) is 17.8. The van der Waals surface area contributed by atoms with E-state index in [0.717, 1.165) is 0 Å². The van der Waals surface area contributed by atoms with Gasteiger partial charge in [0.2, 0.25) is 0 Å². The maximum Gasteiger partial charge on any atom is 0.412 e. The van der Waals surface area contributed by atoms with Crippen LogP contribution in [0.4, 0.5) is 10.5 Å². The molecule has 6 nitrogen and oxygen atoms in total. The third-order valence-corrected chi connectivity index (χ3v) is 2.50. The summed E-state index contributed by atoms with van der Waals surface area (Å²) in [4.78, 5) is 22.7. The quantitative estimate of drug-likeness (QED) is 0.644. The van der Waals surface area contributed by atoms with E-state index >= 15 is 0 Å². The number of anilines is 1. The minimum atomic E-state index is -0.550. The first-order valence-electron chi connectivity index (χ1n) is 7.10. The standard InChI is InChI=1S/C16H23NO5/c1-16(2,3)22-15(19)17-12-7-5-8-13(11-12)21-10-6-9-14(18)20-4/h5,7-8,11H,6,9-10H2,1-4H3,(H,17,19). The molecule has 0 spiro atoms. The van der Waals surface area contributed by atoms with E-state index in [2.05, 4.69) is 10.1 Å². The number of rotatable bonds is 6. The SMILES string of the molecule is COC(=O)CCCOc1cccc(NC(=O)OC(C)(C)C)c1. The summed E-state index contributed by atoms with van der Waals surface area (Å²) in [6.07, 6.45) is 0.360. The summed E-state index contributed by atoms with van der Waals surface area (Å²) in [5.74, 6) is 0.349. The first-order valence-corrected chi connectivity index (χ1v) is 7.10. The highest BCUT2D eigenvalue weighted by Gasteiger charge is 2.16. The maximum absolute atomic E-state index is 11.7. The maximum atomic E-state index is 11.7. The molecule has 122 valence electrons. The van der Waals surface area contributed by atoms with E-state index in [1.54, 1.807) is 45.0 Å². The normalized spacial score (nSPS) is 10.7. The predicted molar refractivity (Wildman–Crippen MR) is 83.0 cm³/mol. The summed E-state index contributed by atoms with van der Waals surface area (Å²) in [6.45, 7) is 5.79. The summed E-state index contributed by atoms with van der Waals surface area (Å²) in [5.41, 5.74) is 0.0335. The number of carbonyl (C=O) groups excluding carboxylic acids is 2. The molecule has 0 radical (unpaired) electrons. The molecule has 1 amide bonds. The van der Waals surface area contributed by atoms with E-state index in [1.807, 2.05) is 0 Å². The number of amides is 1. The van der Waals surface area contributed by atoms with Crippen molar-refractivity contribution in [3.8, 4) is 5.75 Å². The molecule has 0 aromatic heterocycles. The Morgan fingerprint density at radius 3 is 2.59 bits per heavy atom. The second-order valence-corrected chi connectivity index (χ2v) is 5.68. The number of nitrogens with one attached hydrogen (secondary N) is 1. The molecule has 0 aliphatic heterocycles. The molecule has 0 bridgehead atoms. The van der Waals surface area contributed by atoms with Gasteiger partial charge in [-0.2, -0.15) is 0 Å². The average molecular weight is 309 g/mol. The molecule has 6 heteroatoms. The molecule has 1 aromatic rings. The number of esters is 1. The number of hydrogen-bond donors (Lipinski definition) is 1. The Balaban J connectivity index is 2.45. The van der Waals surface area contributed by atoms with E-state index in [-0.39, 0.29) is 5.97 Å². The van der Waals surface area contributed by atoms with Gasteiger partial charge in [0, 0.05) is 18.2 Å². The summed E-state index contributed by atoms with van der Waals surface area (Å²) < 4.78 is 15.2. The number of carbonyl (C=O) groups is 2. The number of methoxy groups -OCH3 is 1. The molecule has 0 saturated heterocycles. The smallest absolute Gasteiger partial charge is 0.412 e. The van der Waals surface area contributed by atoms with Crippen molar-refractivity contribution in [3.05, 3.63) is 24.3 Å². The lowest BCUT2D eigenvalue weighted by molar-refractivity contribution is -0.140. The van der Waals surface area contributed by atoms with E-state index in [1.165, 1.54) is 7.11 Å². The van der Waals surface area contributed by atoms with Gasteiger partial charge in [-0.05, 0) is 39.3 Å². The third kappa shape index (κ3) is 7.52. The van der Waals surface area contributed by atoms with Crippen molar-refractivity contribution in [2.75, 3.05) is 19.0 Å². The van der Waals surface area contributed by atoms with Gasteiger partial charge < -0.3 is 14.2 Å². The van der Waals surface area contributed by atoms with Gasteiger partial charge in [0.05, 0.1) is 13.7 Å². The van der Waals surface area contributed by atoms with Gasteiger partial charge in [0.1, 0.15) is 11.4 Å². The second kappa shape index (κ2) is 8.26. The number of benzene rings is 1. The van der Waals surface area contributed by atoms with E-state index in [9.17, 15) is 9.59 Å². The zero-order chi connectivity index (χ0) is 16.6. The topological polar surface area (TPSA) is 73.9 Å². The summed E-state index contributed by atoms with van der Waals surface area (Å²) in [6, 6.07) is 6.98. The summed E-state index contributed by atoms with van der Waals surface area (Å²) in [7, 11) is 1.36. The molecule has 0 unspecified atom stereocenters. The van der Waals surface area contributed by atoms with Crippen LogP contribution in [0.25, 0.3) is 0 Å². The van der Waals surface area contributed by atoms with Crippen LogP contribution in [-0.2, 0) is 14.3 Å². The Labute approximate surface area is 130 Å². The molecule has 0 aliphatic carbocycles. The molecule has 0 saturated carbocycles. The molecule has 0 heterocycles. The van der Waals surface area contributed by atoms with Crippen LogP contribution in [-0.4, -0.2) is 31.4 Å². The molecular weight excluding hydrogens is 286 g/mol. The van der Waals surface area contributed by atoms with Crippen molar-refractivity contribution in [1.82, 2.24) is 0 Å². The second-order valence-electron chi connectivity index (χ2n) is 5.68. The lowest BCUT2D eigenvalue weighted by Gasteiger charge is -2.19. The van der Waals surface area contributed by atoms with Crippen molar-refractivity contribution >= 4 is 17.7 Å². The molecule has 1 N–H and O–H groups in total. The van der Waals surface area contributed by atoms with Gasteiger partial charge in [0.15, 0.2) is 0 Å². The minimum absolute atomic E-state index is 0.260. The van der Waals surface area contributed by atoms with Crippen LogP contribution in [0.2, 0.25) is 0 Å². The molecular formula is C16H23NO5. The van der Waals surface area contributed by atoms with E-state index in [0.29, 0.717) is 30.9 Å². The fraction of sp³-hybridized carbons (Fsp3) is 0.500. The highest BCUT2D eigenvalue weighted by atomic mass is 16.6. The Kier molecular flexibility index (Phi) is 6.69. The highest BCUT2D eigenvalue weighted by Crippen LogP contribution is 2.18. The van der Waals surface area contributed by atoms with Crippen LogP contribution in [0.15, 0.2) is 24.3 Å². The fourth-order valence-electron chi connectivity index (χ4n) is 1.59. The molecule has 1 rings (SSSR count). The highest BCUT2D eigenvalue weighted by molar-refractivity contribution is 5.85. The van der Waals surface area contributed by atoms with Crippen molar-refractivity contribution in [2.24, 2.45) is 0 Å². The van der Waals surface area contributed by atoms with Gasteiger partial charge in [-0.15, -0.1) is 0 Å². The van der Waals surface area contributed by atoms with E-state index in [4.69, 9.17) is 9.47 Å². The van der Waals surface area contributed by atoms with Gasteiger partial charge in [0.25, 0.3) is 0 Å². The zero-order valence-corrected chi connectivity index (χ0v) is 13.5. The first-order chi connectivity index (χ1) is 10.3. The lowest BCUT2D eigenvalue weighted by Crippen LogP contribution is -2.27. The lowest BCUT2D eigenvalue weighted by atomic mass is 10.2. The Bertz CT molecular complexity index is 508. The Hall–Kier alpha value is -2.24. The number of ether oxygens (including phenoxy) is 3. The third-order valence-electron chi connectivity index (χ3n) is 2.50. The summed E-state index contributed by atoms with van der Waals surface area (Å²) >= 11 is 0. The molecule has 22 heavy (non-hydrogen) atoms. The van der Waals surface area contributed by atoms with Gasteiger partial charge in [-0.1, -0.05) is 6.07 Å². The van der Waals surface area contributed by atoms with Crippen LogP contribution in [0.3, 0.4) is 0 Å². The van der Waals surface area contributed by atoms with Crippen molar-refractivity contribution in [2.45, 2.75) is 39.2 Å². The van der Waals surface area contributed by atoms with E-state index < -0.39 is 11.7 Å². The van der Waals surface area contributed by atoms with Crippen molar-refractivity contribution < 1.29 is 23.8 Å². The minimum Gasteiger partial charge on any atom is -0.494 e. The van der Waals surface area contributed by atoms with Crippen LogP contribution >= 0.6 is 0 Å². The molecule has 0 aliphatic rings. The van der Waals surface area contributed by atoms with Crippen molar-refractivity contribution in [1.29, 1.82) is 0 Å². The van der Waals surface area contributed by atoms with Crippen LogP contribution in [0, 0.1) is 0 Å². The summed E-state index contributed by atoms with van der Waals surface area (Å²) in [5, 5.41) is 2.64. The fourth-order valence-corrected chi connectivity index (χ4v) is 1.59. The van der Waals surface area contributed by atoms with Crippen molar-refractivity contribution in [3.63, 3.8) is 0 Å². The van der Waals surface area contributed by atoms with Gasteiger partial charge >= 0.3 is 12.1 Å². The molecule has 0 fully saturated rings. The molecule has 0 atom stereocenters. The van der Waals surface area contributed by atoms with Gasteiger partial charge in [-0.25, -0.2) is 4.79 Å².